The Bertz CT molecular complexity index is 419. The van der Waals surface area contributed by atoms with Crippen molar-refractivity contribution in [1.29, 1.82) is 0 Å². The second-order valence-corrected chi connectivity index (χ2v) is 4.26. The molecule has 1 aromatic carbocycles. The van der Waals surface area contributed by atoms with Gasteiger partial charge in [-0.2, -0.15) is 0 Å². The van der Waals surface area contributed by atoms with Crippen LogP contribution in [0.25, 0.3) is 0 Å². The summed E-state index contributed by atoms with van der Waals surface area (Å²) in [5, 5.41) is 11.5. The first-order chi connectivity index (χ1) is 7.70. The van der Waals surface area contributed by atoms with Crippen LogP contribution in [-0.2, 0) is 4.74 Å². The molecule has 1 aromatic rings. The minimum absolute atomic E-state index is 0.0687. The van der Waals surface area contributed by atoms with Crippen molar-refractivity contribution in [3.05, 3.63) is 28.2 Å². The highest BCUT2D eigenvalue weighted by Gasteiger charge is 2.21. The summed E-state index contributed by atoms with van der Waals surface area (Å²) < 4.78 is 11.4. The number of nitrogens with two attached hydrogens (primary N) is 1. The van der Waals surface area contributed by atoms with Crippen molar-refractivity contribution in [2.24, 2.45) is 10.9 Å². The number of oxime groups is 1. The van der Waals surface area contributed by atoms with Crippen LogP contribution in [0.3, 0.4) is 0 Å². The Hall–Kier alpha value is -1.27. The lowest BCUT2D eigenvalue weighted by molar-refractivity contribution is -0.0799. The first-order valence-electron chi connectivity index (χ1n) is 4.72. The van der Waals surface area contributed by atoms with Crippen molar-refractivity contribution in [3.8, 4) is 5.75 Å². The maximum Gasteiger partial charge on any atom is 0.170 e. The van der Waals surface area contributed by atoms with Gasteiger partial charge >= 0.3 is 0 Å². The molecule has 0 radical (unpaired) electrons. The highest BCUT2D eigenvalue weighted by molar-refractivity contribution is 9.10. The summed E-state index contributed by atoms with van der Waals surface area (Å²) in [4.78, 5) is 0. The van der Waals surface area contributed by atoms with Gasteiger partial charge in [0.1, 0.15) is 11.9 Å². The third-order valence-corrected chi connectivity index (χ3v) is 2.86. The van der Waals surface area contributed by atoms with Gasteiger partial charge in [-0.1, -0.05) is 5.16 Å². The highest BCUT2D eigenvalue weighted by atomic mass is 79.9. The predicted octanol–water partition coefficient (Wildman–Crippen LogP) is 1.32. The van der Waals surface area contributed by atoms with Gasteiger partial charge in [0.15, 0.2) is 5.84 Å². The van der Waals surface area contributed by atoms with E-state index >= 15 is 0 Å². The van der Waals surface area contributed by atoms with Gasteiger partial charge in [0, 0.05) is 5.56 Å². The number of halogens is 1. The van der Waals surface area contributed by atoms with Crippen molar-refractivity contribution in [2.75, 3.05) is 13.2 Å². The molecule has 2 rings (SSSR count). The van der Waals surface area contributed by atoms with E-state index in [2.05, 4.69) is 21.1 Å². The van der Waals surface area contributed by atoms with Gasteiger partial charge in [-0.15, -0.1) is 0 Å². The number of amidine groups is 1. The topological polar surface area (TPSA) is 77.1 Å². The molecule has 16 heavy (non-hydrogen) atoms. The lowest BCUT2D eigenvalue weighted by Gasteiger charge is -2.27. The molecule has 0 saturated carbocycles. The molecule has 3 N–H and O–H groups in total. The van der Waals surface area contributed by atoms with Crippen molar-refractivity contribution in [1.82, 2.24) is 0 Å². The summed E-state index contributed by atoms with van der Waals surface area (Å²) in [5.41, 5.74) is 6.10. The van der Waals surface area contributed by atoms with Crippen molar-refractivity contribution < 1.29 is 14.7 Å². The molecule has 5 nitrogen and oxygen atoms in total. The highest BCUT2D eigenvalue weighted by Crippen LogP contribution is 2.27. The summed E-state index contributed by atoms with van der Waals surface area (Å²) in [5.74, 6) is 0.794. The Morgan fingerprint density at radius 2 is 2.31 bits per heavy atom. The molecule has 0 unspecified atom stereocenters. The van der Waals surface area contributed by atoms with E-state index in [1.165, 1.54) is 0 Å². The van der Waals surface area contributed by atoms with E-state index in [-0.39, 0.29) is 11.9 Å². The monoisotopic (exact) mass is 286 g/mol. The van der Waals surface area contributed by atoms with Crippen molar-refractivity contribution in [2.45, 2.75) is 6.10 Å². The van der Waals surface area contributed by atoms with Gasteiger partial charge < -0.3 is 20.4 Å². The smallest absolute Gasteiger partial charge is 0.170 e. The number of ether oxygens (including phenoxy) is 2. The Morgan fingerprint density at radius 1 is 1.56 bits per heavy atom. The fourth-order valence-electron chi connectivity index (χ4n) is 1.28. The fraction of sp³-hybridized carbons (Fsp3) is 0.300. The van der Waals surface area contributed by atoms with Crippen LogP contribution in [0, 0.1) is 0 Å². The first-order valence-corrected chi connectivity index (χ1v) is 5.52. The molecule has 1 aliphatic heterocycles. The zero-order valence-electron chi connectivity index (χ0n) is 8.39. The van der Waals surface area contributed by atoms with E-state index in [0.717, 1.165) is 10.2 Å². The van der Waals surface area contributed by atoms with E-state index in [1.54, 1.807) is 18.2 Å². The van der Waals surface area contributed by atoms with Gasteiger partial charge in [-0.3, -0.25) is 0 Å². The van der Waals surface area contributed by atoms with E-state index in [0.29, 0.717) is 18.8 Å². The lowest BCUT2D eigenvalue weighted by Crippen LogP contribution is -2.38. The van der Waals surface area contributed by atoms with Crippen LogP contribution in [0.5, 0.6) is 5.75 Å². The largest absolute Gasteiger partial charge is 0.484 e. The molecule has 0 aromatic heterocycles. The van der Waals surface area contributed by atoms with Crippen LogP contribution in [0.15, 0.2) is 27.8 Å². The van der Waals surface area contributed by atoms with Gasteiger partial charge in [-0.05, 0) is 34.1 Å². The van der Waals surface area contributed by atoms with Crippen LogP contribution in [-0.4, -0.2) is 30.4 Å². The van der Waals surface area contributed by atoms with E-state index in [1.807, 2.05) is 0 Å². The molecule has 0 aliphatic carbocycles. The van der Waals surface area contributed by atoms with Gasteiger partial charge in [0.05, 0.1) is 17.7 Å². The molecule has 1 heterocycles. The lowest BCUT2D eigenvalue weighted by atomic mass is 10.2. The number of nitrogens with zero attached hydrogens (tertiary/aromatic N) is 1. The number of rotatable bonds is 3. The van der Waals surface area contributed by atoms with Crippen LogP contribution >= 0.6 is 15.9 Å². The van der Waals surface area contributed by atoms with Crippen molar-refractivity contribution in [3.63, 3.8) is 0 Å². The second kappa shape index (κ2) is 4.71. The van der Waals surface area contributed by atoms with E-state index < -0.39 is 0 Å². The summed E-state index contributed by atoms with van der Waals surface area (Å²) in [6, 6.07) is 5.24. The van der Waals surface area contributed by atoms with Crippen LogP contribution in [0.2, 0.25) is 0 Å². The number of benzene rings is 1. The minimum atomic E-state index is 0.0687. The third-order valence-electron chi connectivity index (χ3n) is 2.24. The zero-order chi connectivity index (χ0) is 11.5. The standard InChI is InChI=1S/C10H11BrN2O3/c11-8-3-6(10(12)13-14)1-2-9(8)16-7-4-15-5-7/h1-3,7,14H,4-5H2,(H2,12,13). The van der Waals surface area contributed by atoms with Crippen LogP contribution in [0.1, 0.15) is 5.56 Å². The average molecular weight is 287 g/mol. The quantitative estimate of drug-likeness (QED) is 0.380. The minimum Gasteiger partial charge on any atom is -0.484 e. The maximum atomic E-state index is 8.54. The first kappa shape index (κ1) is 11.2. The number of hydrogen-bond acceptors (Lipinski definition) is 4. The molecule has 6 heteroatoms. The molecular formula is C10H11BrN2O3. The zero-order valence-corrected chi connectivity index (χ0v) is 9.98. The number of hydrogen-bond donors (Lipinski definition) is 2. The average Bonchev–Trinajstić information content (AvgIpc) is 2.23. The Balaban J connectivity index is 2.15. The molecular weight excluding hydrogens is 276 g/mol. The molecule has 1 saturated heterocycles. The molecule has 0 amide bonds. The van der Waals surface area contributed by atoms with Crippen LogP contribution in [0.4, 0.5) is 0 Å². The Kier molecular flexibility index (Phi) is 3.31. The molecule has 0 spiro atoms. The molecule has 1 aliphatic rings. The summed E-state index contributed by atoms with van der Waals surface area (Å²) >= 11 is 3.37. The second-order valence-electron chi connectivity index (χ2n) is 3.41. The maximum absolute atomic E-state index is 8.54. The SMILES string of the molecule is N/C(=N/O)c1ccc(OC2COC2)c(Br)c1. The summed E-state index contributed by atoms with van der Waals surface area (Å²) in [6.45, 7) is 1.24. The normalized spacial score (nSPS) is 16.9. The predicted molar refractivity (Wildman–Crippen MR) is 61.9 cm³/mol. The Morgan fingerprint density at radius 3 is 2.81 bits per heavy atom. The summed E-state index contributed by atoms with van der Waals surface area (Å²) in [6.07, 6.45) is 0.117. The third kappa shape index (κ3) is 2.28. The molecule has 0 bridgehead atoms. The van der Waals surface area contributed by atoms with Gasteiger partial charge in [-0.25, -0.2) is 0 Å². The van der Waals surface area contributed by atoms with E-state index in [4.69, 9.17) is 20.4 Å². The molecule has 1 fully saturated rings. The summed E-state index contributed by atoms with van der Waals surface area (Å²) in [7, 11) is 0. The fourth-order valence-corrected chi connectivity index (χ4v) is 1.75. The van der Waals surface area contributed by atoms with Crippen LogP contribution < -0.4 is 10.5 Å². The van der Waals surface area contributed by atoms with E-state index in [9.17, 15) is 0 Å². The van der Waals surface area contributed by atoms with Gasteiger partial charge in [0.25, 0.3) is 0 Å². The van der Waals surface area contributed by atoms with Crippen molar-refractivity contribution >= 4 is 21.8 Å². The molecule has 0 atom stereocenters. The van der Waals surface area contributed by atoms with Gasteiger partial charge in [0.2, 0.25) is 0 Å². The Labute approximate surface area is 101 Å². The molecule has 86 valence electrons.